The number of hydrogen-bond acceptors (Lipinski definition) is 5. The summed E-state index contributed by atoms with van der Waals surface area (Å²) in [6, 6.07) is 100. The second-order valence-corrected chi connectivity index (χ2v) is 22.8. The Morgan fingerprint density at radius 1 is 0.272 bits per heavy atom. The summed E-state index contributed by atoms with van der Waals surface area (Å²) >= 11 is 0. The third kappa shape index (κ3) is 10.0. The van der Waals surface area contributed by atoms with Gasteiger partial charge in [-0.3, -0.25) is 0 Å². The number of nitriles is 1. The lowest BCUT2D eigenvalue weighted by molar-refractivity contribution is -0.137. The van der Waals surface area contributed by atoms with Crippen molar-refractivity contribution in [1.82, 2.24) is 29.1 Å². The van der Waals surface area contributed by atoms with E-state index in [1.807, 2.05) is 247 Å². The van der Waals surface area contributed by atoms with Crippen LogP contribution in [0.5, 0.6) is 0 Å². The highest BCUT2D eigenvalue weighted by atomic mass is 19.4. The maximum absolute atomic E-state index is 16.5. The van der Waals surface area contributed by atoms with Gasteiger partial charge in [0.2, 0.25) is 0 Å². The van der Waals surface area contributed by atoms with Gasteiger partial charge in [-0.1, -0.05) is 182 Å². The summed E-state index contributed by atoms with van der Waals surface area (Å²) < 4.78 is 53.6. The quantitative estimate of drug-likeness (QED) is 0.129. The summed E-state index contributed by atoms with van der Waals surface area (Å²) in [6.45, 7) is 0. The number of benzene rings is 10. The third-order valence-electron chi connectivity index (χ3n) is 17.2. The molecule has 0 aliphatic carbocycles. The molecule has 0 bridgehead atoms. The first kappa shape index (κ1) is 55.0. The molecule has 0 amide bonds. The first-order chi connectivity index (χ1) is 45.2. The average molecular weight is 1190 g/mol. The zero-order valence-electron chi connectivity index (χ0n) is 49.1. The molecule has 0 N–H and O–H groups in total. The molecule has 6 heterocycles. The van der Waals surface area contributed by atoms with Crippen molar-refractivity contribution < 1.29 is 13.2 Å². The summed E-state index contributed by atoms with van der Waals surface area (Å²) in [5.74, 6) is 0. The number of nitrogens with zero attached hydrogens (tertiary/aromatic N) is 7. The van der Waals surface area contributed by atoms with Crippen molar-refractivity contribution >= 4 is 43.6 Å². The molecule has 0 unspecified atom stereocenters. The number of pyridine rings is 4. The zero-order chi connectivity index (χ0) is 61.9. The third-order valence-corrected chi connectivity index (χ3v) is 17.2. The van der Waals surface area contributed by atoms with Gasteiger partial charge in [0.05, 0.1) is 96.2 Å². The van der Waals surface area contributed by atoms with E-state index in [4.69, 9.17) is 19.9 Å². The van der Waals surface area contributed by atoms with Crippen LogP contribution in [0, 0.1) is 11.3 Å². The van der Waals surface area contributed by atoms with Crippen molar-refractivity contribution in [3.63, 3.8) is 0 Å². The molecule has 16 aromatic rings. The van der Waals surface area contributed by atoms with Gasteiger partial charge in [-0.2, -0.15) is 18.4 Å². The van der Waals surface area contributed by atoms with Crippen LogP contribution in [0.15, 0.2) is 303 Å². The smallest absolute Gasteiger partial charge is 0.307 e. The van der Waals surface area contributed by atoms with Crippen LogP contribution in [0.25, 0.3) is 156 Å². The number of halogens is 3. The molecule has 16 rings (SSSR count). The van der Waals surface area contributed by atoms with Gasteiger partial charge in [0.1, 0.15) is 0 Å². The molecule has 10 heteroatoms. The van der Waals surface area contributed by atoms with E-state index < -0.39 is 11.7 Å². The van der Waals surface area contributed by atoms with Gasteiger partial charge >= 0.3 is 6.18 Å². The molecule has 10 aromatic carbocycles. The molecule has 0 aliphatic rings. The maximum Gasteiger partial charge on any atom is 0.417 e. The Morgan fingerprint density at radius 3 is 0.859 bits per heavy atom. The fourth-order valence-electron chi connectivity index (χ4n) is 12.8. The predicted molar refractivity (Wildman–Crippen MR) is 365 cm³/mol. The van der Waals surface area contributed by atoms with E-state index in [1.165, 1.54) is 12.1 Å². The fourth-order valence-corrected chi connectivity index (χ4v) is 12.8. The van der Waals surface area contributed by atoms with Gasteiger partial charge in [-0.25, -0.2) is 19.9 Å². The van der Waals surface area contributed by atoms with Crippen LogP contribution in [0.1, 0.15) is 11.1 Å². The molecule has 0 atom stereocenters. The van der Waals surface area contributed by atoms with Crippen LogP contribution < -0.4 is 0 Å². The highest BCUT2D eigenvalue weighted by Crippen LogP contribution is 2.47. The lowest BCUT2D eigenvalue weighted by atomic mass is 9.95. The van der Waals surface area contributed by atoms with Gasteiger partial charge in [0.25, 0.3) is 0 Å². The van der Waals surface area contributed by atoms with Crippen molar-refractivity contribution in [2.24, 2.45) is 0 Å². The molecule has 0 saturated carbocycles. The van der Waals surface area contributed by atoms with Crippen molar-refractivity contribution in [2.45, 2.75) is 6.18 Å². The summed E-state index contributed by atoms with van der Waals surface area (Å²) in [7, 11) is 0. The summed E-state index contributed by atoms with van der Waals surface area (Å²) in [5.41, 5.74) is 16.6. The minimum atomic E-state index is -4.86. The van der Waals surface area contributed by atoms with Gasteiger partial charge in [0, 0.05) is 66.1 Å². The van der Waals surface area contributed by atoms with Crippen LogP contribution >= 0.6 is 0 Å². The molecule has 0 radical (unpaired) electrons. The van der Waals surface area contributed by atoms with Crippen LogP contribution in [0.3, 0.4) is 0 Å². The van der Waals surface area contributed by atoms with Crippen LogP contribution in [-0.2, 0) is 6.18 Å². The fraction of sp³-hybridized carbons (Fsp3) is 0.0122. The van der Waals surface area contributed by atoms with E-state index in [0.29, 0.717) is 16.7 Å². The summed E-state index contributed by atoms with van der Waals surface area (Å²) in [6.07, 6.45) is -4.86. The highest BCUT2D eigenvalue weighted by molar-refractivity contribution is 6.14. The maximum atomic E-state index is 16.5. The van der Waals surface area contributed by atoms with Crippen molar-refractivity contribution in [1.29, 1.82) is 5.26 Å². The number of fused-ring (bicyclic) bond motifs is 6. The lowest BCUT2D eigenvalue weighted by Crippen LogP contribution is -2.12. The number of alkyl halides is 3. The molecule has 0 aliphatic heterocycles. The first-order valence-corrected chi connectivity index (χ1v) is 30.2. The van der Waals surface area contributed by atoms with Crippen molar-refractivity contribution in [3.8, 4) is 119 Å². The Kier molecular flexibility index (Phi) is 13.6. The van der Waals surface area contributed by atoms with Crippen molar-refractivity contribution in [3.05, 3.63) is 314 Å². The number of rotatable bonds is 11. The van der Waals surface area contributed by atoms with Gasteiger partial charge in [-0.15, -0.1) is 0 Å². The SMILES string of the molecule is N#Cc1cccc(-c2cc(-n3c4ccc(-c5cccc(-c6ccccc6)n5)cc4c4cc(-c5cccc(-c6ccccc6)n5)ccc43)c(-n3c4ccc(-c5cccc(-c6ccccc6)n5)cc4c4cc(-c5cccc(-c6ccccc6)n5)ccc43)cc2C(F)(F)F)c1. The second kappa shape index (κ2) is 22.7. The Hall–Kier alpha value is -12.3. The van der Waals surface area contributed by atoms with Gasteiger partial charge < -0.3 is 9.13 Å². The molecule has 7 nitrogen and oxygen atoms in total. The van der Waals surface area contributed by atoms with E-state index in [-0.39, 0.29) is 22.4 Å². The monoisotopic (exact) mass is 1190 g/mol. The van der Waals surface area contributed by atoms with Crippen LogP contribution in [0.4, 0.5) is 13.2 Å². The molecule has 92 heavy (non-hydrogen) atoms. The molecule has 434 valence electrons. The van der Waals surface area contributed by atoms with E-state index in [0.717, 1.165) is 123 Å². The Morgan fingerprint density at radius 2 is 0.554 bits per heavy atom. The van der Waals surface area contributed by atoms with E-state index in [9.17, 15) is 5.26 Å². The standard InChI is InChI=1S/C82H50F3N7/c83-82(84,85)67-50-81(92-78-42-38-60(74-34-16-30-70(89-74)55-23-9-3-10-24-55)47-65(78)66-48-61(39-43-79(66)92)75-35-17-31-71(90-75)56-25-11-4-12-26-56)80(49-62(67)57-27-13-18-52(44-57)51-86)91-76-40-36-58(72-32-14-28-68(87-72)53-19-5-1-6-20-53)45-63(76)64-46-59(37-41-77(64)91)73-33-15-29-69(88-73)54-21-7-2-8-22-54/h1-50H. The zero-order valence-corrected chi connectivity index (χ0v) is 49.1. The number of aromatic nitrogens is 6. The Balaban J connectivity index is 0.986. The van der Waals surface area contributed by atoms with Crippen LogP contribution in [-0.4, -0.2) is 29.1 Å². The topological polar surface area (TPSA) is 85.2 Å². The van der Waals surface area contributed by atoms with Crippen molar-refractivity contribution in [2.75, 3.05) is 0 Å². The molecule has 0 spiro atoms. The summed E-state index contributed by atoms with van der Waals surface area (Å²) in [4.78, 5) is 20.7. The number of hydrogen-bond donors (Lipinski definition) is 0. The lowest BCUT2D eigenvalue weighted by Gasteiger charge is -2.22. The first-order valence-electron chi connectivity index (χ1n) is 30.2. The van der Waals surface area contributed by atoms with E-state index in [1.54, 1.807) is 24.3 Å². The van der Waals surface area contributed by atoms with Gasteiger partial charge in [-0.05, 0) is 132 Å². The van der Waals surface area contributed by atoms with E-state index in [2.05, 4.69) is 34.9 Å². The second-order valence-electron chi connectivity index (χ2n) is 22.8. The molecule has 0 saturated heterocycles. The minimum Gasteiger partial charge on any atom is -0.307 e. The molecule has 0 fully saturated rings. The molecule has 6 aromatic heterocycles. The van der Waals surface area contributed by atoms with E-state index >= 15 is 13.2 Å². The Bertz CT molecular complexity index is 5300. The Labute approximate surface area is 527 Å². The average Bonchev–Trinajstić information content (AvgIpc) is 1.54. The minimum absolute atomic E-state index is 0.0838. The largest absolute Gasteiger partial charge is 0.417 e. The summed E-state index contributed by atoms with van der Waals surface area (Å²) in [5, 5.41) is 13.5. The van der Waals surface area contributed by atoms with Crippen LogP contribution in [0.2, 0.25) is 0 Å². The normalized spacial score (nSPS) is 11.6. The predicted octanol–water partition coefficient (Wildman–Crippen LogP) is 21.4. The molecular formula is C82H50F3N7. The van der Waals surface area contributed by atoms with Gasteiger partial charge in [0.15, 0.2) is 0 Å². The highest BCUT2D eigenvalue weighted by Gasteiger charge is 2.36. The molecular weight excluding hydrogens is 1140 g/mol.